The Kier molecular flexibility index (Phi) is 2.75. The number of hydrogen-bond acceptors (Lipinski definition) is 2. The number of carbonyl (C=O) groups is 2. The standard InChI is InChI=1S/C8H14N2O3/c9-6(11)8(10-7(12)13)4-2-1-3-5-8/h10H,1-5H2,(H2,9,11)(H,12,13). The molecule has 4 N–H and O–H groups in total. The third-order valence-corrected chi connectivity index (χ3v) is 2.52. The van der Waals surface area contributed by atoms with Crippen LogP contribution in [0.15, 0.2) is 0 Å². The van der Waals surface area contributed by atoms with Gasteiger partial charge in [0.15, 0.2) is 0 Å². The van der Waals surface area contributed by atoms with Crippen molar-refractivity contribution in [2.24, 2.45) is 5.73 Å². The average molecular weight is 186 g/mol. The molecule has 5 nitrogen and oxygen atoms in total. The molecule has 74 valence electrons. The van der Waals surface area contributed by atoms with E-state index < -0.39 is 17.5 Å². The molecule has 0 aromatic carbocycles. The molecule has 13 heavy (non-hydrogen) atoms. The second kappa shape index (κ2) is 3.64. The molecule has 0 aliphatic heterocycles. The summed E-state index contributed by atoms with van der Waals surface area (Å²) in [6, 6.07) is 0. The summed E-state index contributed by atoms with van der Waals surface area (Å²) >= 11 is 0. The van der Waals surface area contributed by atoms with Crippen LogP contribution in [-0.2, 0) is 4.79 Å². The Labute approximate surface area is 76.3 Å². The number of hydrogen-bond donors (Lipinski definition) is 3. The van der Waals surface area contributed by atoms with Gasteiger partial charge < -0.3 is 16.2 Å². The molecule has 0 unspecified atom stereocenters. The Morgan fingerprint density at radius 2 is 1.77 bits per heavy atom. The fourth-order valence-electron chi connectivity index (χ4n) is 1.79. The highest BCUT2D eigenvalue weighted by molar-refractivity contribution is 5.88. The maximum Gasteiger partial charge on any atom is 0.405 e. The van der Waals surface area contributed by atoms with Gasteiger partial charge in [0, 0.05) is 0 Å². The van der Waals surface area contributed by atoms with Gasteiger partial charge in [0.25, 0.3) is 0 Å². The zero-order valence-electron chi connectivity index (χ0n) is 7.38. The number of rotatable bonds is 2. The predicted octanol–water partition coefficient (Wildman–Crippen LogP) is 0.442. The van der Waals surface area contributed by atoms with Crippen LogP contribution < -0.4 is 11.1 Å². The van der Waals surface area contributed by atoms with E-state index in [1.165, 1.54) is 0 Å². The summed E-state index contributed by atoms with van der Waals surface area (Å²) in [6.45, 7) is 0. The fraction of sp³-hybridized carbons (Fsp3) is 0.750. The molecule has 1 fully saturated rings. The summed E-state index contributed by atoms with van der Waals surface area (Å²) in [6.07, 6.45) is 2.60. The molecule has 0 aromatic heterocycles. The van der Waals surface area contributed by atoms with E-state index in [1.807, 2.05) is 0 Å². The van der Waals surface area contributed by atoms with Gasteiger partial charge in [0.2, 0.25) is 5.91 Å². The SMILES string of the molecule is NC(=O)C1(NC(=O)O)CCCCC1. The van der Waals surface area contributed by atoms with E-state index >= 15 is 0 Å². The number of nitrogens with one attached hydrogen (secondary N) is 1. The second-order valence-corrected chi connectivity index (χ2v) is 3.44. The summed E-state index contributed by atoms with van der Waals surface area (Å²) in [5.74, 6) is -0.561. The number of carboxylic acid groups (broad SMARTS) is 1. The maximum absolute atomic E-state index is 11.1. The smallest absolute Gasteiger partial charge is 0.405 e. The van der Waals surface area contributed by atoms with E-state index in [0.29, 0.717) is 12.8 Å². The Balaban J connectivity index is 2.73. The third kappa shape index (κ3) is 2.11. The molecular formula is C8H14N2O3. The van der Waals surface area contributed by atoms with Gasteiger partial charge in [-0.2, -0.15) is 0 Å². The molecule has 1 saturated carbocycles. The van der Waals surface area contributed by atoms with Gasteiger partial charge in [-0.1, -0.05) is 19.3 Å². The van der Waals surface area contributed by atoms with Crippen LogP contribution >= 0.6 is 0 Å². The van der Waals surface area contributed by atoms with E-state index in [0.717, 1.165) is 19.3 Å². The molecule has 0 heterocycles. The van der Waals surface area contributed by atoms with Crippen LogP contribution in [0.1, 0.15) is 32.1 Å². The van der Waals surface area contributed by atoms with Gasteiger partial charge in [-0.15, -0.1) is 0 Å². The van der Waals surface area contributed by atoms with Crippen molar-refractivity contribution in [2.75, 3.05) is 0 Å². The Bertz CT molecular complexity index is 221. The van der Waals surface area contributed by atoms with E-state index in [-0.39, 0.29) is 0 Å². The zero-order chi connectivity index (χ0) is 9.90. The molecule has 0 atom stereocenters. The lowest BCUT2D eigenvalue weighted by Crippen LogP contribution is -2.58. The third-order valence-electron chi connectivity index (χ3n) is 2.52. The fourth-order valence-corrected chi connectivity index (χ4v) is 1.79. The minimum absolute atomic E-state index is 0.522. The molecule has 0 bridgehead atoms. The largest absolute Gasteiger partial charge is 0.465 e. The lowest BCUT2D eigenvalue weighted by atomic mass is 9.81. The minimum atomic E-state index is -1.18. The summed E-state index contributed by atoms with van der Waals surface area (Å²) < 4.78 is 0. The van der Waals surface area contributed by atoms with Crippen LogP contribution in [0.4, 0.5) is 4.79 Å². The van der Waals surface area contributed by atoms with Crippen molar-refractivity contribution in [3.05, 3.63) is 0 Å². The first-order valence-electron chi connectivity index (χ1n) is 4.38. The maximum atomic E-state index is 11.1. The number of amides is 2. The molecule has 1 aliphatic rings. The van der Waals surface area contributed by atoms with Crippen LogP contribution in [0.5, 0.6) is 0 Å². The Morgan fingerprint density at radius 1 is 1.23 bits per heavy atom. The topological polar surface area (TPSA) is 92.4 Å². The van der Waals surface area contributed by atoms with E-state index in [4.69, 9.17) is 10.8 Å². The summed E-state index contributed by atoms with van der Waals surface area (Å²) in [5, 5.41) is 10.8. The molecule has 1 aliphatic carbocycles. The zero-order valence-corrected chi connectivity index (χ0v) is 7.38. The molecule has 0 saturated heterocycles. The molecule has 1 rings (SSSR count). The normalized spacial score (nSPS) is 20.6. The highest BCUT2D eigenvalue weighted by atomic mass is 16.4. The first-order valence-corrected chi connectivity index (χ1v) is 4.38. The van der Waals surface area contributed by atoms with Crippen molar-refractivity contribution >= 4 is 12.0 Å². The molecule has 0 aromatic rings. The van der Waals surface area contributed by atoms with Crippen LogP contribution in [0.3, 0.4) is 0 Å². The van der Waals surface area contributed by atoms with E-state index in [9.17, 15) is 9.59 Å². The van der Waals surface area contributed by atoms with Crippen LogP contribution in [0, 0.1) is 0 Å². The van der Waals surface area contributed by atoms with Crippen molar-refractivity contribution in [1.29, 1.82) is 0 Å². The van der Waals surface area contributed by atoms with Gasteiger partial charge in [0.1, 0.15) is 5.54 Å². The van der Waals surface area contributed by atoms with Crippen LogP contribution in [-0.4, -0.2) is 22.6 Å². The highest BCUT2D eigenvalue weighted by Gasteiger charge is 2.39. The first-order chi connectivity index (χ1) is 6.07. The molecule has 0 spiro atoms. The van der Waals surface area contributed by atoms with E-state index in [1.54, 1.807) is 0 Å². The Hall–Kier alpha value is -1.26. The van der Waals surface area contributed by atoms with Crippen molar-refractivity contribution in [3.8, 4) is 0 Å². The number of carbonyl (C=O) groups excluding carboxylic acids is 1. The van der Waals surface area contributed by atoms with Gasteiger partial charge >= 0.3 is 6.09 Å². The number of primary amides is 1. The van der Waals surface area contributed by atoms with Crippen molar-refractivity contribution < 1.29 is 14.7 Å². The first kappa shape index (κ1) is 9.83. The van der Waals surface area contributed by atoms with Crippen LogP contribution in [0.25, 0.3) is 0 Å². The van der Waals surface area contributed by atoms with Crippen LogP contribution in [0.2, 0.25) is 0 Å². The molecule has 2 amide bonds. The summed E-state index contributed by atoms with van der Waals surface area (Å²) in [4.78, 5) is 21.6. The number of nitrogens with two attached hydrogens (primary N) is 1. The molecule has 5 heteroatoms. The van der Waals surface area contributed by atoms with Gasteiger partial charge in [-0.3, -0.25) is 4.79 Å². The highest BCUT2D eigenvalue weighted by Crippen LogP contribution is 2.27. The minimum Gasteiger partial charge on any atom is -0.465 e. The van der Waals surface area contributed by atoms with Crippen molar-refractivity contribution in [1.82, 2.24) is 5.32 Å². The predicted molar refractivity (Wildman–Crippen MR) is 46.2 cm³/mol. The molecule has 0 radical (unpaired) electrons. The van der Waals surface area contributed by atoms with Gasteiger partial charge in [-0.25, -0.2) is 4.79 Å². The average Bonchev–Trinajstić information content (AvgIpc) is 2.04. The van der Waals surface area contributed by atoms with Gasteiger partial charge in [0.05, 0.1) is 0 Å². The Morgan fingerprint density at radius 3 is 2.15 bits per heavy atom. The monoisotopic (exact) mass is 186 g/mol. The van der Waals surface area contributed by atoms with Crippen molar-refractivity contribution in [3.63, 3.8) is 0 Å². The van der Waals surface area contributed by atoms with Gasteiger partial charge in [-0.05, 0) is 12.8 Å². The quantitative estimate of drug-likeness (QED) is 0.584. The lowest BCUT2D eigenvalue weighted by Gasteiger charge is -2.33. The van der Waals surface area contributed by atoms with Crippen molar-refractivity contribution in [2.45, 2.75) is 37.6 Å². The second-order valence-electron chi connectivity index (χ2n) is 3.44. The molecular weight excluding hydrogens is 172 g/mol. The van der Waals surface area contributed by atoms with E-state index in [2.05, 4.69) is 5.32 Å². The summed E-state index contributed by atoms with van der Waals surface area (Å²) in [7, 11) is 0. The lowest BCUT2D eigenvalue weighted by molar-refractivity contribution is -0.125. The summed E-state index contributed by atoms with van der Waals surface area (Å²) in [5.41, 5.74) is 4.18.